The summed E-state index contributed by atoms with van der Waals surface area (Å²) in [6, 6.07) is 6.82. The molecule has 2 aliphatic rings. The van der Waals surface area contributed by atoms with Gasteiger partial charge < -0.3 is 4.74 Å². The van der Waals surface area contributed by atoms with Gasteiger partial charge in [-0.3, -0.25) is 0 Å². The number of ether oxygens (including phenoxy) is 1. The maximum absolute atomic E-state index is 5.58. The quantitative estimate of drug-likeness (QED) is 0.550. The van der Waals surface area contributed by atoms with Gasteiger partial charge >= 0.3 is 0 Å². The molecule has 1 saturated carbocycles. The lowest BCUT2D eigenvalue weighted by molar-refractivity contribution is 0.356. The molecule has 2 atom stereocenters. The highest BCUT2D eigenvalue weighted by molar-refractivity contribution is 9.09. The fourth-order valence-electron chi connectivity index (χ4n) is 3.08. The number of hydrogen-bond donors (Lipinski definition) is 0. The number of benzene rings is 1. The van der Waals surface area contributed by atoms with Crippen molar-refractivity contribution in [1.82, 2.24) is 0 Å². The van der Waals surface area contributed by atoms with Crippen LogP contribution in [0.1, 0.15) is 49.1 Å². The lowest BCUT2D eigenvalue weighted by Gasteiger charge is -2.21. The van der Waals surface area contributed by atoms with Crippen LogP contribution in [0, 0.1) is 0 Å². The van der Waals surface area contributed by atoms with E-state index >= 15 is 0 Å². The molecule has 1 aliphatic heterocycles. The molecule has 3 rings (SSSR count). The Morgan fingerprint density at radius 3 is 2.94 bits per heavy atom. The number of alkyl halides is 1. The molecule has 0 spiro atoms. The van der Waals surface area contributed by atoms with Crippen molar-refractivity contribution in [2.24, 2.45) is 0 Å². The minimum absolute atomic E-state index is 0.658. The highest BCUT2D eigenvalue weighted by Crippen LogP contribution is 2.38. The van der Waals surface area contributed by atoms with E-state index in [-0.39, 0.29) is 0 Å². The zero-order chi connectivity index (χ0) is 11.7. The van der Waals surface area contributed by atoms with Crippen molar-refractivity contribution < 1.29 is 4.74 Å². The highest BCUT2D eigenvalue weighted by atomic mass is 79.9. The number of halogens is 1. The van der Waals surface area contributed by atoms with E-state index in [4.69, 9.17) is 4.74 Å². The van der Waals surface area contributed by atoms with E-state index in [1.807, 2.05) is 0 Å². The maximum Gasteiger partial charge on any atom is 0.122 e. The van der Waals surface area contributed by atoms with Crippen molar-refractivity contribution in [2.45, 2.75) is 49.3 Å². The fourth-order valence-corrected chi connectivity index (χ4v) is 3.97. The molecule has 0 bridgehead atoms. The smallest absolute Gasteiger partial charge is 0.122 e. The molecule has 0 N–H and O–H groups in total. The summed E-state index contributed by atoms with van der Waals surface area (Å²) in [6.45, 7) is 0.862. The van der Waals surface area contributed by atoms with Crippen LogP contribution in [0.25, 0.3) is 0 Å². The minimum Gasteiger partial charge on any atom is -0.493 e. The lowest BCUT2D eigenvalue weighted by Crippen LogP contribution is -2.10. The van der Waals surface area contributed by atoms with E-state index in [2.05, 4.69) is 34.1 Å². The zero-order valence-electron chi connectivity index (χ0n) is 10.1. The molecule has 1 aromatic carbocycles. The Morgan fingerprint density at radius 2 is 2.00 bits per heavy atom. The summed E-state index contributed by atoms with van der Waals surface area (Å²) >= 11 is 3.89. The second-order valence-corrected chi connectivity index (χ2v) is 6.40. The van der Waals surface area contributed by atoms with Crippen LogP contribution in [0.4, 0.5) is 0 Å². The van der Waals surface area contributed by atoms with E-state index in [1.54, 1.807) is 0 Å². The van der Waals surface area contributed by atoms with Gasteiger partial charge in [0.2, 0.25) is 0 Å². The summed E-state index contributed by atoms with van der Waals surface area (Å²) < 4.78 is 5.58. The third kappa shape index (κ3) is 2.37. The number of hydrogen-bond acceptors (Lipinski definition) is 1. The van der Waals surface area contributed by atoms with Crippen LogP contribution in [0.5, 0.6) is 5.75 Å². The second-order valence-electron chi connectivity index (χ2n) is 5.23. The molecular formula is C15H19BrO. The molecule has 0 aromatic heterocycles. The van der Waals surface area contributed by atoms with Crippen molar-refractivity contribution in [3.05, 3.63) is 29.3 Å². The molecule has 2 heteroatoms. The summed E-state index contributed by atoms with van der Waals surface area (Å²) in [5.41, 5.74) is 2.92. The van der Waals surface area contributed by atoms with Crippen LogP contribution in [0.3, 0.4) is 0 Å². The van der Waals surface area contributed by atoms with E-state index in [9.17, 15) is 0 Å². The molecule has 1 heterocycles. The maximum atomic E-state index is 5.58. The van der Waals surface area contributed by atoms with Gasteiger partial charge in [-0.1, -0.05) is 47.3 Å². The Morgan fingerprint density at radius 1 is 1.12 bits per heavy atom. The van der Waals surface area contributed by atoms with Gasteiger partial charge in [0.05, 0.1) is 6.61 Å². The fraction of sp³-hybridized carbons (Fsp3) is 0.600. The molecule has 1 aliphatic carbocycles. The normalized spacial score (nSPS) is 28.3. The molecule has 17 heavy (non-hydrogen) atoms. The molecule has 1 nitrogen and oxygen atoms in total. The molecule has 92 valence electrons. The van der Waals surface area contributed by atoms with E-state index in [0.29, 0.717) is 10.7 Å². The van der Waals surface area contributed by atoms with Crippen LogP contribution in [0.2, 0.25) is 0 Å². The summed E-state index contributed by atoms with van der Waals surface area (Å²) in [5.74, 6) is 1.80. The molecule has 1 aromatic rings. The molecule has 0 amide bonds. The van der Waals surface area contributed by atoms with Crippen LogP contribution in [0.15, 0.2) is 18.2 Å². The monoisotopic (exact) mass is 294 g/mol. The first-order chi connectivity index (χ1) is 8.34. The topological polar surface area (TPSA) is 9.23 Å². The van der Waals surface area contributed by atoms with Crippen LogP contribution >= 0.6 is 15.9 Å². The van der Waals surface area contributed by atoms with Crippen LogP contribution in [-0.2, 0) is 6.42 Å². The summed E-state index contributed by atoms with van der Waals surface area (Å²) in [4.78, 5) is 0.658. The van der Waals surface area contributed by atoms with Crippen molar-refractivity contribution in [1.29, 1.82) is 0 Å². The number of fused-ring (bicyclic) bond motifs is 1. The lowest BCUT2D eigenvalue weighted by atomic mass is 9.90. The zero-order valence-corrected chi connectivity index (χ0v) is 11.7. The first-order valence-corrected chi connectivity index (χ1v) is 7.66. The largest absolute Gasteiger partial charge is 0.493 e. The van der Waals surface area contributed by atoms with Gasteiger partial charge in [-0.15, -0.1) is 0 Å². The van der Waals surface area contributed by atoms with Gasteiger partial charge in [0.15, 0.2) is 0 Å². The average Bonchev–Trinajstić information content (AvgIpc) is 2.70. The Balaban J connectivity index is 1.87. The molecule has 1 fully saturated rings. The average molecular weight is 295 g/mol. The van der Waals surface area contributed by atoms with Gasteiger partial charge in [-0.25, -0.2) is 0 Å². The minimum atomic E-state index is 0.658. The van der Waals surface area contributed by atoms with Gasteiger partial charge in [-0.2, -0.15) is 0 Å². The summed E-state index contributed by atoms with van der Waals surface area (Å²) in [6.07, 6.45) is 7.88. The number of rotatable bonds is 1. The van der Waals surface area contributed by atoms with E-state index in [0.717, 1.165) is 18.8 Å². The van der Waals surface area contributed by atoms with E-state index < -0.39 is 0 Å². The molecule has 2 unspecified atom stereocenters. The van der Waals surface area contributed by atoms with Crippen molar-refractivity contribution in [3.63, 3.8) is 0 Å². The molecule has 0 radical (unpaired) electrons. The second kappa shape index (κ2) is 5.01. The predicted octanol–water partition coefficient (Wildman–Crippen LogP) is 4.43. The highest BCUT2D eigenvalue weighted by Gasteiger charge is 2.24. The third-order valence-corrected chi connectivity index (χ3v) is 5.17. The summed E-state index contributed by atoms with van der Waals surface area (Å²) in [7, 11) is 0. The SMILES string of the molecule is BrC1CCCCCC1c1ccc2c(c1)CCO2. The first kappa shape index (κ1) is 11.6. The van der Waals surface area contributed by atoms with Gasteiger partial charge in [0.1, 0.15) is 5.75 Å². The van der Waals surface area contributed by atoms with Gasteiger partial charge in [-0.05, 0) is 36.0 Å². The van der Waals surface area contributed by atoms with Crippen LogP contribution < -0.4 is 4.74 Å². The summed E-state index contributed by atoms with van der Waals surface area (Å²) in [5, 5.41) is 0. The van der Waals surface area contributed by atoms with Crippen molar-refractivity contribution >= 4 is 15.9 Å². The Bertz CT molecular complexity index is 402. The van der Waals surface area contributed by atoms with Crippen LogP contribution in [-0.4, -0.2) is 11.4 Å². The standard InChI is InChI=1S/C15H19BrO/c16-14-5-3-1-2-4-13(14)11-6-7-15-12(10-11)8-9-17-15/h6-7,10,13-14H,1-5,8-9H2. The van der Waals surface area contributed by atoms with Crippen molar-refractivity contribution in [3.8, 4) is 5.75 Å². The Kier molecular flexibility index (Phi) is 3.41. The van der Waals surface area contributed by atoms with Gasteiger partial charge in [0.25, 0.3) is 0 Å². The van der Waals surface area contributed by atoms with E-state index in [1.165, 1.54) is 43.2 Å². The van der Waals surface area contributed by atoms with Gasteiger partial charge in [0, 0.05) is 11.2 Å². The Labute approximate surface area is 112 Å². The predicted molar refractivity (Wildman–Crippen MR) is 74.2 cm³/mol. The first-order valence-electron chi connectivity index (χ1n) is 6.74. The van der Waals surface area contributed by atoms with Crippen molar-refractivity contribution in [2.75, 3.05) is 6.61 Å². The third-order valence-electron chi connectivity index (χ3n) is 4.07. The molecular weight excluding hydrogens is 276 g/mol. The Hall–Kier alpha value is -0.500. The molecule has 0 saturated heterocycles.